The first kappa shape index (κ1) is 11.2. The maximum atomic E-state index is 11.5. The van der Waals surface area contributed by atoms with Crippen molar-refractivity contribution in [1.82, 2.24) is 10.3 Å². The third-order valence-corrected chi connectivity index (χ3v) is 1.79. The summed E-state index contributed by atoms with van der Waals surface area (Å²) in [5.74, 6) is -1.60. The number of hydrogen-bond acceptors (Lipinski definition) is 3. The van der Waals surface area contributed by atoms with Crippen LogP contribution in [0.25, 0.3) is 0 Å². The highest BCUT2D eigenvalue weighted by Gasteiger charge is 2.16. The van der Waals surface area contributed by atoms with E-state index in [1.54, 1.807) is 0 Å². The number of pyridine rings is 1. The van der Waals surface area contributed by atoms with Gasteiger partial charge in [-0.15, -0.1) is 0 Å². The van der Waals surface area contributed by atoms with Crippen molar-refractivity contribution in [3.63, 3.8) is 0 Å². The van der Waals surface area contributed by atoms with Gasteiger partial charge >= 0.3 is 5.97 Å². The van der Waals surface area contributed by atoms with E-state index in [-0.39, 0.29) is 11.3 Å². The number of nitrogens with zero attached hydrogens (tertiary/aromatic N) is 1. The summed E-state index contributed by atoms with van der Waals surface area (Å²) in [5, 5.41) is 11.4. The summed E-state index contributed by atoms with van der Waals surface area (Å²) in [6.07, 6.45) is 2.15. The quantitative estimate of drug-likeness (QED) is 0.771. The molecule has 5 nitrogen and oxygen atoms in total. The molecule has 1 aromatic rings. The summed E-state index contributed by atoms with van der Waals surface area (Å²) in [4.78, 5) is 25.9. The van der Waals surface area contributed by atoms with Crippen molar-refractivity contribution in [2.75, 3.05) is 6.54 Å². The number of amides is 1. The number of carboxylic acids is 1. The van der Waals surface area contributed by atoms with E-state index in [0.717, 1.165) is 6.42 Å². The van der Waals surface area contributed by atoms with Crippen LogP contribution in [0.2, 0.25) is 0 Å². The first-order chi connectivity index (χ1) is 7.16. The molecule has 1 heterocycles. The van der Waals surface area contributed by atoms with Gasteiger partial charge in [0.2, 0.25) is 0 Å². The molecule has 0 radical (unpaired) electrons. The highest BCUT2D eigenvalue weighted by atomic mass is 16.4. The molecular formula is C10H12N2O3. The molecule has 80 valence electrons. The Balaban J connectivity index is 2.92. The molecule has 0 fully saturated rings. The lowest BCUT2D eigenvalue weighted by molar-refractivity contribution is 0.0684. The summed E-state index contributed by atoms with van der Waals surface area (Å²) in [6.45, 7) is 2.44. The molecule has 5 heteroatoms. The average Bonchev–Trinajstić information content (AvgIpc) is 2.25. The van der Waals surface area contributed by atoms with Gasteiger partial charge in [-0.25, -0.2) is 9.78 Å². The summed E-state index contributed by atoms with van der Waals surface area (Å²) < 4.78 is 0. The van der Waals surface area contributed by atoms with E-state index in [9.17, 15) is 9.59 Å². The van der Waals surface area contributed by atoms with Gasteiger partial charge in [0.1, 0.15) is 0 Å². The van der Waals surface area contributed by atoms with Crippen LogP contribution in [0.15, 0.2) is 18.3 Å². The fourth-order valence-corrected chi connectivity index (χ4v) is 1.09. The van der Waals surface area contributed by atoms with E-state index < -0.39 is 11.9 Å². The van der Waals surface area contributed by atoms with Crippen molar-refractivity contribution in [3.05, 3.63) is 29.6 Å². The number of aromatic nitrogens is 1. The molecule has 0 spiro atoms. The molecule has 1 amide bonds. The van der Waals surface area contributed by atoms with E-state index in [4.69, 9.17) is 5.11 Å². The van der Waals surface area contributed by atoms with Crippen LogP contribution in [0, 0.1) is 0 Å². The smallest absolute Gasteiger partial charge is 0.355 e. The Bertz CT molecular complexity index is 377. The lowest BCUT2D eigenvalue weighted by Gasteiger charge is -2.05. The highest BCUT2D eigenvalue weighted by Crippen LogP contribution is 2.04. The first-order valence-electron chi connectivity index (χ1n) is 4.63. The molecule has 0 aliphatic rings. The molecule has 0 saturated carbocycles. The minimum atomic E-state index is -1.20. The van der Waals surface area contributed by atoms with Gasteiger partial charge in [0, 0.05) is 12.7 Å². The Morgan fingerprint density at radius 3 is 2.87 bits per heavy atom. The monoisotopic (exact) mass is 208 g/mol. The van der Waals surface area contributed by atoms with Crippen LogP contribution in [0.3, 0.4) is 0 Å². The second-order valence-electron chi connectivity index (χ2n) is 2.96. The van der Waals surface area contributed by atoms with Crippen LogP contribution in [-0.4, -0.2) is 28.5 Å². The third kappa shape index (κ3) is 2.77. The van der Waals surface area contributed by atoms with Crippen molar-refractivity contribution in [3.8, 4) is 0 Å². The fraction of sp³-hybridized carbons (Fsp3) is 0.300. The first-order valence-corrected chi connectivity index (χ1v) is 4.63. The molecule has 0 aliphatic heterocycles. The van der Waals surface area contributed by atoms with Crippen LogP contribution in [0.5, 0.6) is 0 Å². The normalized spacial score (nSPS) is 9.67. The standard InChI is InChI=1S/C10H12N2O3/c1-2-5-12-9(13)7-4-3-6-11-8(7)10(14)15/h3-4,6H,2,5H2,1H3,(H,12,13)(H,14,15). The molecule has 1 rings (SSSR count). The topological polar surface area (TPSA) is 79.3 Å². The largest absolute Gasteiger partial charge is 0.476 e. The Morgan fingerprint density at radius 1 is 1.53 bits per heavy atom. The molecular weight excluding hydrogens is 196 g/mol. The van der Waals surface area contributed by atoms with Crippen LogP contribution >= 0.6 is 0 Å². The third-order valence-electron chi connectivity index (χ3n) is 1.79. The highest BCUT2D eigenvalue weighted by molar-refractivity contribution is 6.03. The number of nitrogens with one attached hydrogen (secondary N) is 1. The maximum absolute atomic E-state index is 11.5. The van der Waals surface area contributed by atoms with Gasteiger partial charge in [-0.3, -0.25) is 4.79 Å². The predicted molar refractivity (Wildman–Crippen MR) is 53.8 cm³/mol. The van der Waals surface area contributed by atoms with Gasteiger partial charge in [-0.2, -0.15) is 0 Å². The molecule has 15 heavy (non-hydrogen) atoms. The van der Waals surface area contributed by atoms with Gasteiger partial charge in [0.05, 0.1) is 5.56 Å². The minimum Gasteiger partial charge on any atom is -0.476 e. The van der Waals surface area contributed by atoms with Gasteiger partial charge in [0.15, 0.2) is 5.69 Å². The Hall–Kier alpha value is -1.91. The van der Waals surface area contributed by atoms with E-state index in [2.05, 4.69) is 10.3 Å². The van der Waals surface area contributed by atoms with E-state index in [0.29, 0.717) is 6.54 Å². The molecule has 0 atom stereocenters. The number of aromatic carboxylic acids is 1. The Morgan fingerprint density at radius 2 is 2.27 bits per heavy atom. The number of carboxylic acid groups (broad SMARTS) is 1. The number of rotatable bonds is 4. The molecule has 0 unspecified atom stereocenters. The zero-order chi connectivity index (χ0) is 11.3. The van der Waals surface area contributed by atoms with Crippen molar-refractivity contribution >= 4 is 11.9 Å². The van der Waals surface area contributed by atoms with Crippen LogP contribution in [0.1, 0.15) is 34.2 Å². The molecule has 0 bridgehead atoms. The molecule has 0 aromatic carbocycles. The zero-order valence-electron chi connectivity index (χ0n) is 8.36. The van der Waals surface area contributed by atoms with Gasteiger partial charge in [0.25, 0.3) is 5.91 Å². The summed E-state index contributed by atoms with van der Waals surface area (Å²) in [5.41, 5.74) is -0.121. The lowest BCUT2D eigenvalue weighted by atomic mass is 10.2. The SMILES string of the molecule is CCCNC(=O)c1cccnc1C(=O)O. The number of carbonyl (C=O) groups is 2. The fourth-order valence-electron chi connectivity index (χ4n) is 1.09. The maximum Gasteiger partial charge on any atom is 0.355 e. The Labute approximate surface area is 87.1 Å². The predicted octanol–water partition coefficient (Wildman–Crippen LogP) is 0.920. The minimum absolute atomic E-state index is 0.0958. The molecule has 1 aromatic heterocycles. The molecule has 0 saturated heterocycles. The Kier molecular flexibility index (Phi) is 3.79. The number of hydrogen-bond donors (Lipinski definition) is 2. The van der Waals surface area contributed by atoms with Crippen LogP contribution in [-0.2, 0) is 0 Å². The second kappa shape index (κ2) is 5.09. The zero-order valence-corrected chi connectivity index (χ0v) is 8.36. The average molecular weight is 208 g/mol. The van der Waals surface area contributed by atoms with Gasteiger partial charge in [-0.1, -0.05) is 6.92 Å². The molecule has 2 N–H and O–H groups in total. The summed E-state index contributed by atoms with van der Waals surface area (Å²) >= 11 is 0. The van der Waals surface area contributed by atoms with Crippen molar-refractivity contribution in [2.45, 2.75) is 13.3 Å². The van der Waals surface area contributed by atoms with Gasteiger partial charge in [-0.05, 0) is 18.6 Å². The van der Waals surface area contributed by atoms with Gasteiger partial charge < -0.3 is 10.4 Å². The van der Waals surface area contributed by atoms with Crippen molar-refractivity contribution in [1.29, 1.82) is 0 Å². The number of carbonyl (C=O) groups excluding carboxylic acids is 1. The summed E-state index contributed by atoms with van der Waals surface area (Å²) in [6, 6.07) is 2.98. The van der Waals surface area contributed by atoms with Crippen LogP contribution in [0.4, 0.5) is 0 Å². The molecule has 0 aliphatic carbocycles. The van der Waals surface area contributed by atoms with E-state index in [1.807, 2.05) is 6.92 Å². The van der Waals surface area contributed by atoms with E-state index >= 15 is 0 Å². The van der Waals surface area contributed by atoms with Crippen molar-refractivity contribution < 1.29 is 14.7 Å². The second-order valence-corrected chi connectivity index (χ2v) is 2.96. The summed E-state index contributed by atoms with van der Waals surface area (Å²) in [7, 11) is 0. The van der Waals surface area contributed by atoms with Crippen molar-refractivity contribution in [2.24, 2.45) is 0 Å². The van der Waals surface area contributed by atoms with E-state index in [1.165, 1.54) is 18.3 Å². The van der Waals surface area contributed by atoms with Crippen LogP contribution < -0.4 is 5.32 Å². The lowest BCUT2D eigenvalue weighted by Crippen LogP contribution is -2.26.